The maximum atomic E-state index is 13.9. The summed E-state index contributed by atoms with van der Waals surface area (Å²) < 4.78 is 66.2. The number of aromatic hydroxyl groups is 1. The molecule has 0 spiro atoms. The third kappa shape index (κ3) is 3.72. The fraction of sp³-hybridized carbons (Fsp3) is 0.400. The molecule has 0 radical (unpaired) electrons. The molecular weight excluding hydrogens is 410 g/mol. The Hall–Kier alpha value is -2.16. The van der Waals surface area contributed by atoms with Gasteiger partial charge in [-0.25, -0.2) is 13.4 Å². The lowest BCUT2D eigenvalue weighted by atomic mass is 10.1. The highest BCUT2D eigenvalue weighted by molar-refractivity contribution is 7.85. The molecule has 4 atom stereocenters. The van der Waals surface area contributed by atoms with Crippen molar-refractivity contribution >= 4 is 21.1 Å². The van der Waals surface area contributed by atoms with Crippen LogP contribution in [-0.4, -0.2) is 60.1 Å². The van der Waals surface area contributed by atoms with Gasteiger partial charge < -0.3 is 29.6 Å². The number of rotatable bonds is 5. The number of fused-ring (bicyclic) bond motifs is 1. The molecule has 0 amide bonds. The molecule has 1 aromatic carbocycles. The molecule has 28 heavy (non-hydrogen) atoms. The summed E-state index contributed by atoms with van der Waals surface area (Å²) in [5, 5.41) is 37.2. The van der Waals surface area contributed by atoms with Crippen LogP contribution in [0.1, 0.15) is 5.56 Å². The van der Waals surface area contributed by atoms with Gasteiger partial charge >= 0.3 is 5.63 Å². The van der Waals surface area contributed by atoms with Gasteiger partial charge in [-0.1, -0.05) is 0 Å². The molecule has 3 rings (SSSR count). The second kappa shape index (κ2) is 7.35. The molecular formula is C15H14F2O10S. The number of phenolic OH excluding ortho intramolecular Hbond substituents is 1. The number of phenols is 1. The van der Waals surface area contributed by atoms with Crippen molar-refractivity contribution in [2.24, 2.45) is 0 Å². The summed E-state index contributed by atoms with van der Waals surface area (Å²) in [6.45, 7) is -0.718. The largest absolute Gasteiger partial charge is 0.503 e. The summed E-state index contributed by atoms with van der Waals surface area (Å²) in [5.41, 5.74) is -2.43. The second-order valence-corrected chi connectivity index (χ2v) is 7.59. The Kier molecular flexibility index (Phi) is 5.40. The average molecular weight is 424 g/mol. The number of benzene rings is 1. The second-order valence-electron chi connectivity index (χ2n) is 5.99. The molecule has 1 aliphatic rings. The van der Waals surface area contributed by atoms with E-state index in [0.29, 0.717) is 12.1 Å². The molecule has 0 aliphatic carbocycles. The van der Waals surface area contributed by atoms with E-state index in [-0.39, 0.29) is 0 Å². The molecule has 1 saturated heterocycles. The van der Waals surface area contributed by atoms with Crippen LogP contribution in [0.4, 0.5) is 8.78 Å². The zero-order valence-corrected chi connectivity index (χ0v) is 14.6. The highest BCUT2D eigenvalue weighted by Crippen LogP contribution is 2.31. The highest BCUT2D eigenvalue weighted by atomic mass is 32.2. The Bertz CT molecular complexity index is 1070. The first kappa shape index (κ1) is 20.6. The minimum atomic E-state index is -4.62. The van der Waals surface area contributed by atoms with Crippen LogP contribution >= 0.6 is 0 Å². The minimum absolute atomic E-state index is 0.407. The van der Waals surface area contributed by atoms with Crippen molar-refractivity contribution in [2.75, 3.05) is 6.61 Å². The Morgan fingerprint density at radius 3 is 2.46 bits per heavy atom. The lowest BCUT2D eigenvalue weighted by Crippen LogP contribution is -2.35. The minimum Gasteiger partial charge on any atom is -0.503 e. The first-order chi connectivity index (χ1) is 13.0. The van der Waals surface area contributed by atoms with E-state index in [1.165, 1.54) is 0 Å². The van der Waals surface area contributed by atoms with Gasteiger partial charge in [0, 0.05) is 11.5 Å². The molecule has 2 aromatic rings. The van der Waals surface area contributed by atoms with Crippen LogP contribution in [-0.2, 0) is 24.8 Å². The lowest BCUT2D eigenvalue weighted by molar-refractivity contribution is -0.113. The van der Waals surface area contributed by atoms with Crippen molar-refractivity contribution in [3.8, 4) is 5.75 Å². The number of ether oxygens (including phenoxy) is 1. The van der Waals surface area contributed by atoms with Crippen LogP contribution in [0.3, 0.4) is 0 Å². The Morgan fingerprint density at radius 2 is 1.86 bits per heavy atom. The van der Waals surface area contributed by atoms with Gasteiger partial charge in [-0.3, -0.25) is 0 Å². The summed E-state index contributed by atoms with van der Waals surface area (Å²) >= 11 is 0. The van der Waals surface area contributed by atoms with Crippen LogP contribution in [0.25, 0.3) is 11.0 Å². The highest BCUT2D eigenvalue weighted by Gasteiger charge is 2.45. The summed E-state index contributed by atoms with van der Waals surface area (Å²) in [7, 11) is -4.62. The predicted octanol–water partition coefficient (Wildman–Crippen LogP) is -0.938. The number of aliphatic hydroxyl groups excluding tert-OH is 3. The molecule has 0 saturated carbocycles. The van der Waals surface area contributed by atoms with E-state index in [9.17, 15) is 37.3 Å². The Morgan fingerprint density at radius 1 is 1.18 bits per heavy atom. The smallest absolute Gasteiger partial charge is 0.336 e. The van der Waals surface area contributed by atoms with Crippen molar-refractivity contribution in [2.45, 2.75) is 30.4 Å². The lowest BCUT2D eigenvalue weighted by Gasteiger charge is -2.15. The van der Waals surface area contributed by atoms with E-state index in [4.69, 9.17) is 9.84 Å². The molecule has 1 aromatic heterocycles. The molecule has 4 N–H and O–H groups in total. The van der Waals surface area contributed by atoms with Crippen molar-refractivity contribution < 1.29 is 51.0 Å². The van der Waals surface area contributed by atoms with Gasteiger partial charge in [0.2, 0.25) is 12.1 Å². The van der Waals surface area contributed by atoms with E-state index in [0.717, 1.165) is 0 Å². The van der Waals surface area contributed by atoms with Crippen molar-refractivity contribution in [3.63, 3.8) is 0 Å². The molecule has 10 nitrogen and oxygen atoms in total. The molecule has 1 unspecified atom stereocenters. The molecule has 2 heterocycles. The molecule has 13 heteroatoms. The van der Waals surface area contributed by atoms with Gasteiger partial charge in [-0.05, 0) is 11.6 Å². The maximum Gasteiger partial charge on any atom is 0.336 e. The summed E-state index contributed by atoms with van der Waals surface area (Å²) in [5.74, 6) is -5.48. The van der Waals surface area contributed by atoms with E-state index in [1.807, 2.05) is 0 Å². The van der Waals surface area contributed by atoms with E-state index in [1.54, 1.807) is 0 Å². The zero-order valence-electron chi connectivity index (χ0n) is 13.8. The fourth-order valence-corrected chi connectivity index (χ4v) is 3.85. The Labute approximate surface area is 155 Å². The van der Waals surface area contributed by atoms with Crippen LogP contribution in [0.15, 0.2) is 21.3 Å². The van der Waals surface area contributed by atoms with Crippen LogP contribution in [0.5, 0.6) is 5.75 Å². The quantitative estimate of drug-likeness (QED) is 0.348. The van der Waals surface area contributed by atoms with E-state index in [2.05, 4.69) is 8.60 Å². The molecule has 1 aliphatic heterocycles. The standard InChI is InChI=1S/C15H14F2O10S/c16-7-2-6-5(1-9(19)26-14(6)10(17)11(7)20)4-28(23,24)27-15-13(22)12(21)8(3-18)25-15/h1-2,8,12-13,15,18,20-22H,3-4H2/t8-,12+,13-,15?/m1/s1. The first-order valence-corrected chi connectivity index (χ1v) is 9.29. The molecule has 0 bridgehead atoms. The molecule has 1 fully saturated rings. The number of halogens is 2. The van der Waals surface area contributed by atoms with Gasteiger partial charge in [-0.15, -0.1) is 0 Å². The van der Waals surface area contributed by atoms with Gasteiger partial charge in [0.15, 0.2) is 17.1 Å². The third-order valence-corrected chi connectivity index (χ3v) is 5.21. The van der Waals surface area contributed by atoms with Crippen LogP contribution in [0.2, 0.25) is 0 Å². The van der Waals surface area contributed by atoms with Gasteiger partial charge in [0.25, 0.3) is 10.1 Å². The van der Waals surface area contributed by atoms with Crippen molar-refractivity contribution in [1.29, 1.82) is 0 Å². The van der Waals surface area contributed by atoms with Gasteiger partial charge in [0.05, 0.1) is 6.61 Å². The van der Waals surface area contributed by atoms with Crippen LogP contribution < -0.4 is 5.63 Å². The average Bonchev–Trinajstić information content (AvgIpc) is 2.88. The SMILES string of the molecule is O=c1cc(CS(=O)(=O)OC2O[C@H](CO)[C@H](O)[C@H]2O)c2cc(F)c(O)c(F)c2o1. The van der Waals surface area contributed by atoms with E-state index >= 15 is 0 Å². The van der Waals surface area contributed by atoms with Gasteiger partial charge in [-0.2, -0.15) is 12.8 Å². The fourth-order valence-electron chi connectivity index (χ4n) is 2.71. The number of hydrogen-bond acceptors (Lipinski definition) is 10. The van der Waals surface area contributed by atoms with E-state index < -0.39 is 86.6 Å². The van der Waals surface area contributed by atoms with Crippen LogP contribution in [0, 0.1) is 11.6 Å². The summed E-state index contributed by atoms with van der Waals surface area (Å²) in [6, 6.07) is 1.24. The molecule has 154 valence electrons. The number of hydrogen-bond donors (Lipinski definition) is 4. The number of aliphatic hydroxyl groups is 3. The first-order valence-electron chi connectivity index (χ1n) is 7.71. The Balaban J connectivity index is 1.95. The monoisotopic (exact) mass is 424 g/mol. The predicted molar refractivity (Wildman–Crippen MR) is 85.5 cm³/mol. The normalized spacial score (nSPS) is 25.5. The summed E-state index contributed by atoms with van der Waals surface area (Å²) in [4.78, 5) is 11.6. The maximum absolute atomic E-state index is 13.9. The third-order valence-electron chi connectivity index (χ3n) is 4.06. The topological polar surface area (TPSA) is 164 Å². The summed E-state index contributed by atoms with van der Waals surface area (Å²) in [6.07, 6.45) is -6.54. The van der Waals surface area contributed by atoms with Crippen molar-refractivity contribution in [1.82, 2.24) is 0 Å². The van der Waals surface area contributed by atoms with Crippen molar-refractivity contribution in [3.05, 3.63) is 39.8 Å². The zero-order chi connectivity index (χ0) is 20.8. The van der Waals surface area contributed by atoms with Gasteiger partial charge in [0.1, 0.15) is 24.1 Å².